The average molecular weight is 254 g/mol. The van der Waals surface area contributed by atoms with E-state index in [1.165, 1.54) is 0 Å². The highest BCUT2D eigenvalue weighted by Crippen LogP contribution is 2.11. The Bertz CT molecular complexity index is 453. The number of nitrogens with zero attached hydrogens (tertiary/aromatic N) is 2. The van der Waals surface area contributed by atoms with Gasteiger partial charge in [-0.15, -0.1) is 0 Å². The van der Waals surface area contributed by atoms with Gasteiger partial charge in [-0.2, -0.15) is 5.10 Å². The van der Waals surface area contributed by atoms with E-state index in [9.17, 15) is 9.59 Å². The molecule has 0 aliphatic heterocycles. The normalized spacial score (nSPS) is 12.3. The van der Waals surface area contributed by atoms with Gasteiger partial charge in [0.05, 0.1) is 11.4 Å². The summed E-state index contributed by atoms with van der Waals surface area (Å²) in [5, 5.41) is 18.0. The number of rotatable bonds is 4. The zero-order valence-corrected chi connectivity index (χ0v) is 10.9. The number of aromatic nitrogens is 2. The van der Waals surface area contributed by atoms with Crippen LogP contribution < -0.4 is 10.6 Å². The number of carboxylic acids is 1. The van der Waals surface area contributed by atoms with Crippen LogP contribution in [0.3, 0.4) is 0 Å². The quantitative estimate of drug-likeness (QED) is 0.745. The number of hydrogen-bond donors (Lipinski definition) is 3. The van der Waals surface area contributed by atoms with Crippen molar-refractivity contribution in [2.45, 2.75) is 26.8 Å². The molecule has 0 radical (unpaired) electrons. The molecule has 1 atom stereocenters. The van der Waals surface area contributed by atoms with Crippen LogP contribution in [0.4, 0.5) is 10.5 Å². The molecule has 0 fully saturated rings. The number of urea groups is 1. The summed E-state index contributed by atoms with van der Waals surface area (Å²) in [5.41, 5.74) is 1.23. The summed E-state index contributed by atoms with van der Waals surface area (Å²) in [6.07, 6.45) is 1.65. The molecule has 1 aromatic rings. The van der Waals surface area contributed by atoms with Crippen molar-refractivity contribution in [3.05, 3.63) is 11.9 Å². The number of aliphatic carboxylic acids is 1. The van der Waals surface area contributed by atoms with Crippen molar-refractivity contribution in [3.8, 4) is 0 Å². The molecule has 7 nitrogen and oxygen atoms in total. The van der Waals surface area contributed by atoms with E-state index in [1.54, 1.807) is 38.7 Å². The number of carbonyl (C=O) groups excluding carboxylic acids is 1. The number of anilines is 1. The molecule has 7 heteroatoms. The first-order valence-corrected chi connectivity index (χ1v) is 5.61. The van der Waals surface area contributed by atoms with E-state index < -0.39 is 18.0 Å². The van der Waals surface area contributed by atoms with Crippen LogP contribution >= 0.6 is 0 Å². The Balaban J connectivity index is 2.66. The van der Waals surface area contributed by atoms with Crippen molar-refractivity contribution < 1.29 is 14.7 Å². The number of carboxylic acid groups (broad SMARTS) is 1. The van der Waals surface area contributed by atoms with Crippen molar-refractivity contribution >= 4 is 17.7 Å². The molecule has 0 aliphatic rings. The van der Waals surface area contributed by atoms with Gasteiger partial charge < -0.3 is 15.7 Å². The van der Waals surface area contributed by atoms with E-state index >= 15 is 0 Å². The molecule has 1 rings (SSSR count). The summed E-state index contributed by atoms with van der Waals surface area (Å²) < 4.78 is 1.57. The fraction of sp³-hybridized carbons (Fsp3) is 0.545. The van der Waals surface area contributed by atoms with Gasteiger partial charge in [0.2, 0.25) is 0 Å². The van der Waals surface area contributed by atoms with E-state index in [0.717, 1.165) is 0 Å². The average Bonchev–Trinajstić information content (AvgIpc) is 2.53. The molecule has 3 N–H and O–H groups in total. The van der Waals surface area contributed by atoms with Crippen LogP contribution in [0.5, 0.6) is 0 Å². The van der Waals surface area contributed by atoms with Gasteiger partial charge in [0.15, 0.2) is 0 Å². The second kappa shape index (κ2) is 5.52. The van der Waals surface area contributed by atoms with Crippen molar-refractivity contribution in [2.75, 3.05) is 5.32 Å². The summed E-state index contributed by atoms with van der Waals surface area (Å²) in [4.78, 5) is 22.6. The van der Waals surface area contributed by atoms with Gasteiger partial charge in [0.1, 0.15) is 6.04 Å². The monoisotopic (exact) mass is 254 g/mol. The lowest BCUT2D eigenvalue weighted by atomic mass is 10.1. The molecule has 1 aromatic heterocycles. The van der Waals surface area contributed by atoms with Crippen LogP contribution in [0.15, 0.2) is 6.20 Å². The smallest absolute Gasteiger partial charge is 0.326 e. The Morgan fingerprint density at radius 1 is 1.44 bits per heavy atom. The molecule has 1 heterocycles. The molecular formula is C11H18N4O3. The van der Waals surface area contributed by atoms with E-state index in [0.29, 0.717) is 11.4 Å². The van der Waals surface area contributed by atoms with Gasteiger partial charge in [-0.05, 0) is 12.8 Å². The van der Waals surface area contributed by atoms with Crippen LogP contribution in [-0.4, -0.2) is 32.9 Å². The van der Waals surface area contributed by atoms with Crippen LogP contribution in [0.2, 0.25) is 0 Å². The summed E-state index contributed by atoms with van der Waals surface area (Å²) in [6.45, 7) is 5.22. The lowest BCUT2D eigenvalue weighted by molar-refractivity contribution is -0.140. The fourth-order valence-electron chi connectivity index (χ4n) is 1.54. The molecule has 2 amide bonds. The highest BCUT2D eigenvalue weighted by Gasteiger charge is 2.23. The third kappa shape index (κ3) is 3.47. The van der Waals surface area contributed by atoms with E-state index in [1.807, 2.05) is 0 Å². The van der Waals surface area contributed by atoms with Crippen molar-refractivity contribution in [3.63, 3.8) is 0 Å². The molecule has 0 spiro atoms. The van der Waals surface area contributed by atoms with Gasteiger partial charge in [-0.3, -0.25) is 4.68 Å². The molecule has 0 bridgehead atoms. The molecule has 0 aromatic carbocycles. The van der Waals surface area contributed by atoms with Gasteiger partial charge in [-0.1, -0.05) is 13.8 Å². The minimum absolute atomic E-state index is 0.191. The number of nitrogens with one attached hydrogen (secondary N) is 2. The third-order valence-electron chi connectivity index (χ3n) is 2.48. The minimum Gasteiger partial charge on any atom is -0.480 e. The first-order valence-electron chi connectivity index (χ1n) is 5.61. The first-order chi connectivity index (χ1) is 8.31. The number of amides is 2. The van der Waals surface area contributed by atoms with E-state index in [-0.39, 0.29) is 5.92 Å². The maximum atomic E-state index is 11.7. The summed E-state index contributed by atoms with van der Waals surface area (Å²) in [7, 11) is 1.74. The van der Waals surface area contributed by atoms with Gasteiger partial charge >= 0.3 is 12.0 Å². The molecule has 0 unspecified atom stereocenters. The Hall–Kier alpha value is -2.05. The minimum atomic E-state index is -1.05. The summed E-state index contributed by atoms with van der Waals surface area (Å²) in [6, 6.07) is -1.46. The van der Waals surface area contributed by atoms with Crippen LogP contribution in [0, 0.1) is 12.8 Å². The SMILES string of the molecule is Cc1nn(C)cc1NC(=O)N[C@H](C(=O)O)C(C)C. The molecule has 18 heavy (non-hydrogen) atoms. The predicted molar refractivity (Wildman–Crippen MR) is 66.4 cm³/mol. The standard InChI is InChI=1S/C11H18N4O3/c1-6(2)9(10(16)17)13-11(18)12-8-5-15(4)14-7(8)3/h5-6,9H,1-4H3,(H,16,17)(H2,12,13,18)/t9-/m0/s1. The highest BCUT2D eigenvalue weighted by molar-refractivity contribution is 5.92. The lowest BCUT2D eigenvalue weighted by Gasteiger charge is -2.17. The van der Waals surface area contributed by atoms with Crippen molar-refractivity contribution in [1.82, 2.24) is 15.1 Å². The van der Waals surface area contributed by atoms with Crippen molar-refractivity contribution in [1.29, 1.82) is 0 Å². The third-order valence-corrected chi connectivity index (χ3v) is 2.48. The fourth-order valence-corrected chi connectivity index (χ4v) is 1.54. The zero-order valence-electron chi connectivity index (χ0n) is 10.9. The molecule has 0 saturated heterocycles. The maximum absolute atomic E-state index is 11.7. The largest absolute Gasteiger partial charge is 0.480 e. The van der Waals surface area contributed by atoms with Crippen LogP contribution in [0.1, 0.15) is 19.5 Å². The van der Waals surface area contributed by atoms with Gasteiger partial charge in [0, 0.05) is 13.2 Å². The Morgan fingerprint density at radius 3 is 2.44 bits per heavy atom. The number of hydrogen-bond acceptors (Lipinski definition) is 3. The first kappa shape index (κ1) is 14.0. The lowest BCUT2D eigenvalue weighted by Crippen LogP contribution is -2.46. The number of carbonyl (C=O) groups is 2. The summed E-state index contributed by atoms with van der Waals surface area (Å²) in [5.74, 6) is -1.24. The second-order valence-corrected chi connectivity index (χ2v) is 4.46. The van der Waals surface area contributed by atoms with E-state index in [2.05, 4.69) is 15.7 Å². The van der Waals surface area contributed by atoms with Crippen molar-refractivity contribution in [2.24, 2.45) is 13.0 Å². The number of aryl methyl sites for hydroxylation is 2. The van der Waals surface area contributed by atoms with Crippen LogP contribution in [-0.2, 0) is 11.8 Å². The summed E-state index contributed by atoms with van der Waals surface area (Å²) >= 11 is 0. The molecule has 100 valence electrons. The Labute approximate surface area is 105 Å². The Kier molecular flexibility index (Phi) is 4.30. The van der Waals surface area contributed by atoms with Gasteiger partial charge in [0.25, 0.3) is 0 Å². The van der Waals surface area contributed by atoms with E-state index in [4.69, 9.17) is 5.11 Å². The topological polar surface area (TPSA) is 96.3 Å². The molecule has 0 saturated carbocycles. The molecule has 0 aliphatic carbocycles. The van der Waals surface area contributed by atoms with Gasteiger partial charge in [-0.25, -0.2) is 9.59 Å². The Morgan fingerprint density at radius 2 is 2.06 bits per heavy atom. The maximum Gasteiger partial charge on any atom is 0.326 e. The predicted octanol–water partition coefficient (Wildman–Crippen LogP) is 0.959. The second-order valence-electron chi connectivity index (χ2n) is 4.46. The highest BCUT2D eigenvalue weighted by atomic mass is 16.4. The molecular weight excluding hydrogens is 236 g/mol. The van der Waals surface area contributed by atoms with Crippen LogP contribution in [0.25, 0.3) is 0 Å². The zero-order chi connectivity index (χ0) is 13.9.